The van der Waals surface area contributed by atoms with Gasteiger partial charge >= 0.3 is 0 Å². The normalized spacial score (nSPS) is 20.0. The SMILES string of the molecule is O=C(NS(=O)C1CC1)c1cc(C2CC2)c(OCC2CCN(Sc3ccc(Br)c(F)c3)CC2)cc1F. The third kappa shape index (κ3) is 6.45. The Labute approximate surface area is 219 Å². The number of piperidine rings is 1. The van der Waals surface area contributed by atoms with Gasteiger partial charge in [-0.2, -0.15) is 0 Å². The minimum atomic E-state index is -1.46. The molecule has 1 aliphatic heterocycles. The molecular weight excluding hydrogens is 558 g/mol. The van der Waals surface area contributed by atoms with Gasteiger partial charge in [0.05, 0.1) is 21.9 Å². The summed E-state index contributed by atoms with van der Waals surface area (Å²) in [5.41, 5.74) is 0.793. The Morgan fingerprint density at radius 3 is 2.49 bits per heavy atom. The molecule has 35 heavy (non-hydrogen) atoms. The van der Waals surface area contributed by atoms with E-state index in [0.29, 0.717) is 22.7 Å². The van der Waals surface area contributed by atoms with Crippen LogP contribution in [-0.4, -0.2) is 39.4 Å². The van der Waals surface area contributed by atoms with Crippen molar-refractivity contribution in [2.45, 2.75) is 54.6 Å². The Morgan fingerprint density at radius 1 is 1.09 bits per heavy atom. The Balaban J connectivity index is 1.16. The Kier molecular flexibility index (Phi) is 7.81. The summed E-state index contributed by atoms with van der Waals surface area (Å²) in [6.45, 7) is 2.21. The maximum absolute atomic E-state index is 14.8. The van der Waals surface area contributed by atoms with E-state index in [2.05, 4.69) is 25.0 Å². The molecule has 2 aromatic rings. The highest BCUT2D eigenvalue weighted by Crippen LogP contribution is 2.45. The van der Waals surface area contributed by atoms with Crippen LogP contribution in [0.15, 0.2) is 39.7 Å². The van der Waals surface area contributed by atoms with Crippen LogP contribution in [0.2, 0.25) is 0 Å². The molecule has 2 aliphatic carbocycles. The van der Waals surface area contributed by atoms with E-state index in [4.69, 9.17) is 4.74 Å². The minimum absolute atomic E-state index is 0.00614. The van der Waals surface area contributed by atoms with Crippen LogP contribution in [0.5, 0.6) is 5.75 Å². The number of amides is 1. The van der Waals surface area contributed by atoms with Gasteiger partial charge in [0, 0.05) is 24.1 Å². The second-order valence-corrected chi connectivity index (χ2v) is 12.9. The lowest BCUT2D eigenvalue weighted by molar-refractivity contribution is 0.0978. The molecule has 5 nitrogen and oxygen atoms in total. The monoisotopic (exact) mass is 584 g/mol. The van der Waals surface area contributed by atoms with Crippen molar-refractivity contribution in [1.82, 2.24) is 9.03 Å². The predicted octanol–water partition coefficient (Wildman–Crippen LogP) is 5.96. The van der Waals surface area contributed by atoms with E-state index in [9.17, 15) is 17.8 Å². The first-order valence-corrected chi connectivity index (χ1v) is 14.7. The molecule has 1 N–H and O–H groups in total. The lowest BCUT2D eigenvalue weighted by Crippen LogP contribution is -2.31. The van der Waals surface area contributed by atoms with Crippen LogP contribution >= 0.6 is 27.9 Å². The highest BCUT2D eigenvalue weighted by atomic mass is 79.9. The van der Waals surface area contributed by atoms with Crippen LogP contribution in [-0.2, 0) is 11.0 Å². The summed E-state index contributed by atoms with van der Waals surface area (Å²) in [5, 5.41) is -0.00614. The number of rotatable bonds is 9. The van der Waals surface area contributed by atoms with Crippen molar-refractivity contribution in [3.63, 3.8) is 0 Å². The lowest BCUT2D eigenvalue weighted by atomic mass is 9.99. The first-order valence-electron chi connectivity index (χ1n) is 11.9. The van der Waals surface area contributed by atoms with Gasteiger partial charge in [-0.1, -0.05) is 0 Å². The van der Waals surface area contributed by atoms with Gasteiger partial charge in [0.25, 0.3) is 5.91 Å². The van der Waals surface area contributed by atoms with Crippen molar-refractivity contribution >= 4 is 44.8 Å². The quantitative estimate of drug-likeness (QED) is 0.369. The summed E-state index contributed by atoms with van der Waals surface area (Å²) >= 11 is 4.74. The zero-order valence-electron chi connectivity index (χ0n) is 19.1. The highest BCUT2D eigenvalue weighted by Gasteiger charge is 2.33. The van der Waals surface area contributed by atoms with Gasteiger partial charge in [0.15, 0.2) is 0 Å². The molecule has 10 heteroatoms. The van der Waals surface area contributed by atoms with Gasteiger partial charge in [-0.3, -0.25) is 9.52 Å². The number of hydrogen-bond donors (Lipinski definition) is 1. The van der Waals surface area contributed by atoms with Crippen molar-refractivity contribution < 1.29 is 22.5 Å². The third-order valence-electron chi connectivity index (χ3n) is 6.56. The highest BCUT2D eigenvalue weighted by molar-refractivity contribution is 9.10. The lowest BCUT2D eigenvalue weighted by Gasteiger charge is -2.31. The van der Waals surface area contributed by atoms with Crippen molar-refractivity contribution in [1.29, 1.82) is 0 Å². The topological polar surface area (TPSA) is 58.6 Å². The van der Waals surface area contributed by atoms with Crippen molar-refractivity contribution in [3.05, 3.63) is 57.6 Å². The predicted molar refractivity (Wildman–Crippen MR) is 137 cm³/mol. The summed E-state index contributed by atoms with van der Waals surface area (Å²) in [7, 11) is -1.46. The average Bonchev–Trinajstić information content (AvgIpc) is 3.74. The fourth-order valence-corrected chi connectivity index (χ4v) is 6.40. The molecule has 3 aliphatic rings. The van der Waals surface area contributed by atoms with Crippen LogP contribution in [0.25, 0.3) is 0 Å². The number of nitrogens with zero attached hydrogens (tertiary/aromatic N) is 1. The maximum atomic E-state index is 14.8. The fourth-order valence-electron chi connectivity index (χ4n) is 4.15. The largest absolute Gasteiger partial charge is 0.493 e. The zero-order chi connectivity index (χ0) is 24.5. The number of hydrogen-bond acceptors (Lipinski definition) is 5. The van der Waals surface area contributed by atoms with Gasteiger partial charge in [0.1, 0.15) is 28.4 Å². The first kappa shape index (κ1) is 25.2. The average molecular weight is 586 g/mol. The number of carbonyl (C=O) groups is 1. The summed E-state index contributed by atoms with van der Waals surface area (Å²) in [6, 6.07) is 8.05. The minimum Gasteiger partial charge on any atom is -0.493 e. The molecule has 3 fully saturated rings. The summed E-state index contributed by atoms with van der Waals surface area (Å²) < 4.78 is 51.9. The molecule has 1 heterocycles. The van der Waals surface area contributed by atoms with Gasteiger partial charge < -0.3 is 4.74 Å². The molecule has 1 unspecified atom stereocenters. The maximum Gasteiger partial charge on any atom is 0.265 e. The summed E-state index contributed by atoms with van der Waals surface area (Å²) in [4.78, 5) is 13.4. The fraction of sp³-hybridized carbons (Fsp3) is 0.480. The van der Waals surface area contributed by atoms with Crippen LogP contribution in [0.1, 0.15) is 60.4 Å². The molecule has 1 amide bonds. The second-order valence-electron chi connectivity index (χ2n) is 9.42. The van der Waals surface area contributed by atoms with E-state index in [0.717, 1.165) is 62.1 Å². The zero-order valence-corrected chi connectivity index (χ0v) is 22.3. The molecule has 2 aromatic carbocycles. The van der Waals surface area contributed by atoms with E-state index in [1.54, 1.807) is 24.1 Å². The van der Waals surface area contributed by atoms with Crippen LogP contribution < -0.4 is 9.46 Å². The van der Waals surface area contributed by atoms with E-state index in [1.807, 2.05) is 6.07 Å². The third-order valence-corrected chi connectivity index (χ3v) is 9.75. The van der Waals surface area contributed by atoms with Crippen LogP contribution in [0.4, 0.5) is 8.78 Å². The van der Waals surface area contributed by atoms with Gasteiger partial charge in [-0.25, -0.2) is 17.3 Å². The Morgan fingerprint density at radius 2 is 1.83 bits per heavy atom. The van der Waals surface area contributed by atoms with Gasteiger partial charge in [-0.15, -0.1) is 0 Å². The summed E-state index contributed by atoms with van der Waals surface area (Å²) in [5.74, 6) is -0.425. The molecule has 0 spiro atoms. The standard InChI is InChI=1S/C25H27BrF2N2O3S2/c26-21-6-3-17(11-23(21)28)34-30-9-7-15(8-10-30)14-33-24-13-22(27)20(12-19(24)16-1-2-16)25(31)29-35(32)18-4-5-18/h3,6,11-13,15-16,18H,1-2,4-5,7-10,14H2,(H,29,31). The van der Waals surface area contributed by atoms with E-state index < -0.39 is 22.7 Å². The molecule has 2 saturated carbocycles. The van der Waals surface area contributed by atoms with Gasteiger partial charge in [0.2, 0.25) is 0 Å². The molecular formula is C25H27BrF2N2O3S2. The van der Waals surface area contributed by atoms with Crippen molar-refractivity contribution in [2.24, 2.45) is 5.92 Å². The van der Waals surface area contributed by atoms with E-state index in [-0.39, 0.29) is 22.5 Å². The number of benzene rings is 2. The molecule has 1 atom stereocenters. The number of ether oxygens (including phenoxy) is 1. The number of carbonyl (C=O) groups excluding carboxylic acids is 1. The van der Waals surface area contributed by atoms with Crippen LogP contribution in [0, 0.1) is 17.6 Å². The molecule has 1 saturated heterocycles. The summed E-state index contributed by atoms with van der Waals surface area (Å²) in [6.07, 6.45) is 5.50. The first-order chi connectivity index (χ1) is 16.9. The number of nitrogens with one attached hydrogen (secondary N) is 1. The number of halogens is 3. The van der Waals surface area contributed by atoms with Gasteiger partial charge in [-0.05, 0) is 108 Å². The molecule has 188 valence electrons. The van der Waals surface area contributed by atoms with Crippen molar-refractivity contribution in [2.75, 3.05) is 19.7 Å². The molecule has 0 radical (unpaired) electrons. The van der Waals surface area contributed by atoms with E-state index >= 15 is 0 Å². The second kappa shape index (κ2) is 10.9. The smallest absolute Gasteiger partial charge is 0.265 e. The Bertz CT molecular complexity index is 1140. The molecule has 5 rings (SSSR count). The molecule has 0 aromatic heterocycles. The van der Waals surface area contributed by atoms with Crippen molar-refractivity contribution in [3.8, 4) is 5.75 Å². The van der Waals surface area contributed by atoms with E-state index in [1.165, 1.54) is 12.1 Å². The molecule has 0 bridgehead atoms. The Hall–Kier alpha value is -1.49. The van der Waals surface area contributed by atoms with Crippen LogP contribution in [0.3, 0.4) is 0 Å².